The Hall–Kier alpha value is -3.82. The molecule has 4 rings (SSSR count). The van der Waals surface area contributed by atoms with Crippen molar-refractivity contribution in [1.82, 2.24) is 9.55 Å². The van der Waals surface area contributed by atoms with E-state index in [4.69, 9.17) is 4.74 Å². The number of hydrogen-bond donors (Lipinski definition) is 1. The van der Waals surface area contributed by atoms with Gasteiger partial charge >= 0.3 is 12.1 Å². The highest BCUT2D eigenvalue weighted by Crippen LogP contribution is 2.39. The van der Waals surface area contributed by atoms with Gasteiger partial charge in [-0.25, -0.2) is 4.98 Å². The van der Waals surface area contributed by atoms with Crippen LogP contribution in [0, 0.1) is 6.92 Å². The summed E-state index contributed by atoms with van der Waals surface area (Å²) in [6, 6.07) is 11.0. The molecule has 0 spiro atoms. The van der Waals surface area contributed by atoms with E-state index in [-0.39, 0.29) is 29.3 Å². The Balaban J connectivity index is 1.83. The van der Waals surface area contributed by atoms with Crippen molar-refractivity contribution in [3.05, 3.63) is 75.2 Å². The zero-order valence-corrected chi connectivity index (χ0v) is 21.3. The van der Waals surface area contributed by atoms with Crippen molar-refractivity contribution in [1.29, 1.82) is 0 Å². The first kappa shape index (κ1) is 26.2. The number of aryl methyl sites for hydroxylation is 1. The quantitative estimate of drug-likeness (QED) is 0.469. The summed E-state index contributed by atoms with van der Waals surface area (Å²) in [6.07, 6.45) is -4.71. The number of esters is 1. The van der Waals surface area contributed by atoms with Crippen molar-refractivity contribution in [2.75, 3.05) is 24.3 Å². The molecular weight excluding hydrogens is 485 g/mol. The van der Waals surface area contributed by atoms with Crippen LogP contribution in [0.1, 0.15) is 42.3 Å². The number of hydrogen-bond acceptors (Lipinski definition) is 6. The highest BCUT2D eigenvalue weighted by atomic mass is 19.4. The normalized spacial score (nSPS) is 16.9. The van der Waals surface area contributed by atoms with Gasteiger partial charge in [0.05, 0.1) is 17.3 Å². The number of nitrogens with one attached hydrogen (secondary N) is 1. The number of benzene rings is 2. The maximum absolute atomic E-state index is 14.1. The molecule has 0 saturated heterocycles. The fourth-order valence-electron chi connectivity index (χ4n) is 4.77. The number of anilines is 2. The predicted octanol–water partition coefficient (Wildman–Crippen LogP) is 4.96. The second-order valence-electron chi connectivity index (χ2n) is 9.24. The minimum atomic E-state index is -4.65. The van der Waals surface area contributed by atoms with Gasteiger partial charge in [0.15, 0.2) is 0 Å². The van der Waals surface area contributed by atoms with E-state index in [0.717, 1.165) is 17.2 Å². The summed E-state index contributed by atoms with van der Waals surface area (Å²) in [5.74, 6) is -0.502. The maximum atomic E-state index is 14.1. The van der Waals surface area contributed by atoms with Crippen LogP contribution in [0.5, 0.6) is 0 Å². The van der Waals surface area contributed by atoms with Gasteiger partial charge in [0.2, 0.25) is 0 Å². The van der Waals surface area contributed by atoms with Gasteiger partial charge in [-0.2, -0.15) is 13.2 Å². The van der Waals surface area contributed by atoms with Gasteiger partial charge in [-0.3, -0.25) is 14.2 Å². The molecule has 0 fully saturated rings. The van der Waals surface area contributed by atoms with E-state index >= 15 is 0 Å². The third-order valence-corrected chi connectivity index (χ3v) is 6.53. The smallest absolute Gasteiger partial charge is 0.417 e. The average molecular weight is 515 g/mol. The molecule has 37 heavy (non-hydrogen) atoms. The Labute approximate surface area is 212 Å². The lowest BCUT2D eigenvalue weighted by Crippen LogP contribution is -2.32. The number of rotatable bonds is 6. The highest BCUT2D eigenvalue weighted by molar-refractivity contribution is 5.69. The average Bonchev–Trinajstić information content (AvgIpc) is 3.16. The first-order chi connectivity index (χ1) is 17.4. The molecule has 10 heteroatoms. The van der Waals surface area contributed by atoms with E-state index in [1.807, 2.05) is 24.3 Å². The van der Waals surface area contributed by atoms with Crippen LogP contribution >= 0.6 is 0 Å². The molecule has 0 unspecified atom stereocenters. The molecule has 7 nitrogen and oxygen atoms in total. The molecule has 0 bridgehead atoms. The van der Waals surface area contributed by atoms with E-state index in [0.29, 0.717) is 12.1 Å². The summed E-state index contributed by atoms with van der Waals surface area (Å²) in [4.78, 5) is 31.5. The van der Waals surface area contributed by atoms with Gasteiger partial charge < -0.3 is 15.0 Å². The van der Waals surface area contributed by atoms with E-state index in [1.54, 1.807) is 38.9 Å². The molecule has 0 aliphatic heterocycles. The number of alkyl halides is 3. The first-order valence-corrected chi connectivity index (χ1v) is 11.9. The summed E-state index contributed by atoms with van der Waals surface area (Å²) in [6.45, 7) is 4.69. The SMILES string of the molecule is CCn1c(-c2ccc(N(C)C)cc2C(F)(F)F)nc(C)c(N[C@H]2c3ccccc3C[C@@H]2OC(C)=O)c1=O. The van der Waals surface area contributed by atoms with Gasteiger partial charge in [-0.05, 0) is 43.2 Å². The molecule has 2 aromatic carbocycles. The largest absolute Gasteiger partial charge is 0.460 e. The zero-order chi connectivity index (χ0) is 27.1. The number of nitrogens with zero attached hydrogens (tertiary/aromatic N) is 3. The summed E-state index contributed by atoms with van der Waals surface area (Å²) in [7, 11) is 3.31. The Morgan fingerprint density at radius 1 is 1.22 bits per heavy atom. The number of aromatic nitrogens is 2. The Morgan fingerprint density at radius 2 is 1.92 bits per heavy atom. The number of fused-ring (bicyclic) bond motifs is 1. The van der Waals surface area contributed by atoms with E-state index in [2.05, 4.69) is 10.3 Å². The molecular formula is C27H29F3N4O3. The van der Waals surface area contributed by atoms with Gasteiger partial charge in [0.1, 0.15) is 17.6 Å². The van der Waals surface area contributed by atoms with Crippen LogP contribution in [0.15, 0.2) is 47.3 Å². The molecule has 1 aliphatic rings. The van der Waals surface area contributed by atoms with Gasteiger partial charge in [0, 0.05) is 45.2 Å². The summed E-state index contributed by atoms with van der Waals surface area (Å²) < 4.78 is 49.0. The summed E-state index contributed by atoms with van der Waals surface area (Å²) in [5, 5.41) is 3.21. The van der Waals surface area contributed by atoms with Crippen LogP contribution in [0.3, 0.4) is 0 Å². The summed E-state index contributed by atoms with van der Waals surface area (Å²) >= 11 is 0. The van der Waals surface area contributed by atoms with E-state index < -0.39 is 35.4 Å². The van der Waals surface area contributed by atoms with E-state index in [1.165, 1.54) is 17.6 Å². The molecule has 2 atom stereocenters. The topological polar surface area (TPSA) is 76.5 Å². The highest BCUT2D eigenvalue weighted by Gasteiger charge is 2.37. The predicted molar refractivity (Wildman–Crippen MR) is 136 cm³/mol. The van der Waals surface area contributed by atoms with Crippen LogP contribution in [0.25, 0.3) is 11.4 Å². The second kappa shape index (κ2) is 9.91. The molecule has 1 aromatic heterocycles. The second-order valence-corrected chi connectivity index (χ2v) is 9.24. The lowest BCUT2D eigenvalue weighted by atomic mass is 10.0. The molecule has 1 N–H and O–H groups in total. The van der Waals surface area contributed by atoms with Crippen molar-refractivity contribution in [3.63, 3.8) is 0 Å². The van der Waals surface area contributed by atoms with Gasteiger partial charge in [-0.15, -0.1) is 0 Å². The number of carbonyl (C=O) groups is 1. The number of ether oxygens (including phenoxy) is 1. The number of halogens is 3. The van der Waals surface area contributed by atoms with Gasteiger partial charge in [-0.1, -0.05) is 24.3 Å². The van der Waals surface area contributed by atoms with Crippen LogP contribution in [0.4, 0.5) is 24.5 Å². The first-order valence-electron chi connectivity index (χ1n) is 11.9. The van der Waals surface area contributed by atoms with Gasteiger partial charge in [0.25, 0.3) is 5.56 Å². The molecule has 3 aromatic rings. The third-order valence-electron chi connectivity index (χ3n) is 6.53. The van der Waals surface area contributed by atoms with E-state index in [9.17, 15) is 22.8 Å². The molecule has 0 saturated carbocycles. The van der Waals surface area contributed by atoms with Crippen LogP contribution in [-0.2, 0) is 28.7 Å². The van der Waals surface area contributed by atoms with Crippen LogP contribution in [-0.4, -0.2) is 35.7 Å². The van der Waals surface area contributed by atoms with Crippen molar-refractivity contribution < 1.29 is 22.7 Å². The molecule has 0 radical (unpaired) electrons. The fraction of sp³-hybridized carbons (Fsp3) is 0.370. The molecule has 196 valence electrons. The zero-order valence-electron chi connectivity index (χ0n) is 21.3. The standard InChI is InChI=1S/C27H29F3N4O3/c1-6-34-25(20-12-11-18(33(4)5)14-21(20)27(28,29)30)31-15(2)23(26(34)36)32-24-19-10-8-7-9-17(19)13-22(24)37-16(3)35/h7-12,14,22,24,32H,6,13H2,1-5H3/t22-,24-/m0/s1. The van der Waals surface area contributed by atoms with Crippen molar-refractivity contribution in [2.24, 2.45) is 0 Å². The Morgan fingerprint density at radius 3 is 2.54 bits per heavy atom. The molecule has 1 aliphatic carbocycles. The maximum Gasteiger partial charge on any atom is 0.417 e. The summed E-state index contributed by atoms with van der Waals surface area (Å²) in [5.41, 5.74) is 1.12. The Bertz CT molecular complexity index is 1400. The molecule has 0 amide bonds. The van der Waals surface area contributed by atoms with Crippen molar-refractivity contribution in [2.45, 2.75) is 52.1 Å². The lowest BCUT2D eigenvalue weighted by molar-refractivity contribution is -0.146. The Kier molecular flexibility index (Phi) is 7.03. The monoisotopic (exact) mass is 514 g/mol. The third kappa shape index (κ3) is 5.05. The minimum absolute atomic E-state index is 0.0588. The van der Waals surface area contributed by atoms with Crippen LogP contribution < -0.4 is 15.8 Å². The molecule has 1 heterocycles. The van der Waals surface area contributed by atoms with Crippen molar-refractivity contribution in [3.8, 4) is 11.4 Å². The van der Waals surface area contributed by atoms with Crippen LogP contribution in [0.2, 0.25) is 0 Å². The van der Waals surface area contributed by atoms with Crippen molar-refractivity contribution >= 4 is 17.3 Å². The number of carbonyl (C=O) groups excluding carboxylic acids is 1. The lowest BCUT2D eigenvalue weighted by Gasteiger charge is -2.25. The minimum Gasteiger partial charge on any atom is -0.460 e. The fourth-order valence-corrected chi connectivity index (χ4v) is 4.77.